The summed E-state index contributed by atoms with van der Waals surface area (Å²) in [4.78, 5) is 2.54. The molecule has 4 heterocycles. The third kappa shape index (κ3) is 2.10. The smallest absolute Gasteiger partial charge is 0.0735 e. The van der Waals surface area contributed by atoms with E-state index in [1.807, 2.05) is 0 Å². The zero-order valence-corrected chi connectivity index (χ0v) is 9.71. The van der Waals surface area contributed by atoms with Crippen molar-refractivity contribution in [2.45, 2.75) is 25.6 Å². The quantitative estimate of drug-likeness (QED) is 0.780. The summed E-state index contributed by atoms with van der Waals surface area (Å²) in [5.74, 6) is 0.827. The summed E-state index contributed by atoms with van der Waals surface area (Å²) >= 11 is 1.75. The van der Waals surface area contributed by atoms with Crippen molar-refractivity contribution in [3.63, 3.8) is 0 Å². The first-order valence-electron chi connectivity index (χ1n) is 5.77. The molecule has 0 spiro atoms. The van der Waals surface area contributed by atoms with Crippen LogP contribution in [0.3, 0.4) is 0 Å². The molecule has 82 valence electrons. The Kier molecular flexibility index (Phi) is 2.77. The molecule has 0 unspecified atom stereocenters. The lowest BCUT2D eigenvalue weighted by Gasteiger charge is -2.44. The van der Waals surface area contributed by atoms with Crippen molar-refractivity contribution in [2.24, 2.45) is 5.92 Å². The molecular weight excluding hydrogens is 206 g/mol. The van der Waals surface area contributed by atoms with E-state index in [0.29, 0.717) is 6.10 Å². The molecule has 0 saturated carbocycles. The average molecular weight is 223 g/mol. The zero-order valence-electron chi connectivity index (χ0n) is 8.89. The van der Waals surface area contributed by atoms with E-state index >= 15 is 0 Å². The predicted octanol–water partition coefficient (Wildman–Crippen LogP) is 2.36. The molecule has 15 heavy (non-hydrogen) atoms. The fourth-order valence-electron chi connectivity index (χ4n) is 2.68. The Morgan fingerprint density at radius 1 is 1.40 bits per heavy atom. The van der Waals surface area contributed by atoms with Crippen LogP contribution in [-0.4, -0.2) is 30.6 Å². The molecule has 3 saturated heterocycles. The maximum absolute atomic E-state index is 6.03. The van der Waals surface area contributed by atoms with Gasteiger partial charge in [-0.15, -0.1) is 0 Å². The second-order valence-corrected chi connectivity index (χ2v) is 5.40. The first kappa shape index (κ1) is 9.82. The molecule has 0 aliphatic carbocycles. The van der Waals surface area contributed by atoms with E-state index in [0.717, 1.165) is 19.1 Å². The first-order chi connectivity index (χ1) is 7.42. The summed E-state index contributed by atoms with van der Waals surface area (Å²) in [6.07, 6.45) is 3.18. The van der Waals surface area contributed by atoms with Crippen LogP contribution in [0.4, 0.5) is 0 Å². The molecule has 0 radical (unpaired) electrons. The standard InChI is InChI=1S/C12H17NOS/c1-4-13-5-2-11(1)12(7-13)14-8-10-3-6-15-9-10/h3,6,9,11-12H,1-2,4-5,7-8H2/t12-/m0/s1. The van der Waals surface area contributed by atoms with Crippen molar-refractivity contribution < 1.29 is 4.74 Å². The lowest BCUT2D eigenvalue weighted by atomic mass is 9.86. The van der Waals surface area contributed by atoms with Crippen LogP contribution in [0.5, 0.6) is 0 Å². The number of nitrogens with zero attached hydrogens (tertiary/aromatic N) is 1. The summed E-state index contributed by atoms with van der Waals surface area (Å²) in [5.41, 5.74) is 1.33. The lowest BCUT2D eigenvalue weighted by molar-refractivity contribution is -0.0765. The van der Waals surface area contributed by atoms with E-state index in [-0.39, 0.29) is 0 Å². The van der Waals surface area contributed by atoms with Crippen molar-refractivity contribution in [1.29, 1.82) is 0 Å². The molecule has 3 heteroatoms. The summed E-state index contributed by atoms with van der Waals surface area (Å²) in [7, 11) is 0. The highest BCUT2D eigenvalue weighted by Crippen LogP contribution is 2.30. The lowest BCUT2D eigenvalue weighted by Crippen LogP contribution is -2.51. The van der Waals surface area contributed by atoms with Gasteiger partial charge in [-0.3, -0.25) is 0 Å². The minimum Gasteiger partial charge on any atom is -0.372 e. The second kappa shape index (κ2) is 4.24. The molecule has 0 N–H and O–H groups in total. The van der Waals surface area contributed by atoms with Gasteiger partial charge in [0, 0.05) is 6.54 Å². The number of piperidine rings is 3. The molecule has 3 fully saturated rings. The molecule has 3 aliphatic heterocycles. The number of ether oxygens (including phenoxy) is 1. The Hall–Kier alpha value is -0.380. The van der Waals surface area contributed by atoms with Gasteiger partial charge >= 0.3 is 0 Å². The highest BCUT2D eigenvalue weighted by atomic mass is 32.1. The van der Waals surface area contributed by atoms with Crippen molar-refractivity contribution in [3.05, 3.63) is 22.4 Å². The topological polar surface area (TPSA) is 12.5 Å². The Morgan fingerprint density at radius 3 is 2.87 bits per heavy atom. The highest BCUT2D eigenvalue weighted by molar-refractivity contribution is 7.07. The molecule has 1 aromatic rings. The summed E-state index contributed by atoms with van der Waals surface area (Å²) in [5, 5.41) is 4.30. The molecule has 2 nitrogen and oxygen atoms in total. The van der Waals surface area contributed by atoms with E-state index in [1.54, 1.807) is 11.3 Å². The largest absolute Gasteiger partial charge is 0.372 e. The fourth-order valence-corrected chi connectivity index (χ4v) is 3.33. The van der Waals surface area contributed by atoms with Crippen LogP contribution < -0.4 is 0 Å². The number of fused-ring (bicyclic) bond motifs is 3. The summed E-state index contributed by atoms with van der Waals surface area (Å²) in [6, 6.07) is 2.16. The number of thiophene rings is 1. The van der Waals surface area contributed by atoms with Crippen LogP contribution in [-0.2, 0) is 11.3 Å². The fraction of sp³-hybridized carbons (Fsp3) is 0.667. The van der Waals surface area contributed by atoms with Crippen LogP contribution >= 0.6 is 11.3 Å². The summed E-state index contributed by atoms with van der Waals surface area (Å²) in [6.45, 7) is 4.55. The van der Waals surface area contributed by atoms with Crippen molar-refractivity contribution in [2.75, 3.05) is 19.6 Å². The number of hydrogen-bond acceptors (Lipinski definition) is 3. The van der Waals surface area contributed by atoms with Crippen LogP contribution in [0.1, 0.15) is 18.4 Å². The van der Waals surface area contributed by atoms with Gasteiger partial charge in [0.15, 0.2) is 0 Å². The van der Waals surface area contributed by atoms with Gasteiger partial charge in [-0.05, 0) is 54.2 Å². The molecule has 3 aliphatic rings. The van der Waals surface area contributed by atoms with E-state index in [4.69, 9.17) is 4.74 Å². The minimum absolute atomic E-state index is 0.493. The van der Waals surface area contributed by atoms with Gasteiger partial charge in [0.05, 0.1) is 12.7 Å². The predicted molar refractivity (Wildman–Crippen MR) is 62.1 cm³/mol. The van der Waals surface area contributed by atoms with Gasteiger partial charge in [0.25, 0.3) is 0 Å². The molecule has 1 aromatic heterocycles. The van der Waals surface area contributed by atoms with Crippen molar-refractivity contribution in [3.8, 4) is 0 Å². The van der Waals surface area contributed by atoms with Crippen LogP contribution in [0, 0.1) is 5.92 Å². The van der Waals surface area contributed by atoms with E-state index in [2.05, 4.69) is 21.7 Å². The first-order valence-corrected chi connectivity index (χ1v) is 6.71. The highest BCUT2D eigenvalue weighted by Gasteiger charge is 2.34. The van der Waals surface area contributed by atoms with Gasteiger partial charge in [-0.25, -0.2) is 0 Å². The van der Waals surface area contributed by atoms with E-state index < -0.39 is 0 Å². The molecule has 0 aromatic carbocycles. The van der Waals surface area contributed by atoms with Gasteiger partial charge in [-0.2, -0.15) is 11.3 Å². The Morgan fingerprint density at radius 2 is 2.27 bits per heavy atom. The molecule has 4 rings (SSSR count). The second-order valence-electron chi connectivity index (χ2n) is 4.62. The van der Waals surface area contributed by atoms with Gasteiger partial charge in [-0.1, -0.05) is 0 Å². The van der Waals surface area contributed by atoms with Crippen LogP contribution in [0.15, 0.2) is 16.8 Å². The third-order valence-electron chi connectivity index (χ3n) is 3.64. The molecule has 0 amide bonds. The van der Waals surface area contributed by atoms with Crippen LogP contribution in [0.25, 0.3) is 0 Å². The Balaban J connectivity index is 1.55. The minimum atomic E-state index is 0.493. The molecule has 2 bridgehead atoms. The van der Waals surface area contributed by atoms with E-state index in [1.165, 1.54) is 31.5 Å². The van der Waals surface area contributed by atoms with E-state index in [9.17, 15) is 0 Å². The van der Waals surface area contributed by atoms with Gasteiger partial charge < -0.3 is 9.64 Å². The molecule has 1 atom stereocenters. The number of hydrogen-bond donors (Lipinski definition) is 0. The number of rotatable bonds is 3. The van der Waals surface area contributed by atoms with Crippen molar-refractivity contribution in [1.82, 2.24) is 4.90 Å². The van der Waals surface area contributed by atoms with Crippen molar-refractivity contribution >= 4 is 11.3 Å². The molecular formula is C12H17NOS. The third-order valence-corrected chi connectivity index (χ3v) is 4.37. The van der Waals surface area contributed by atoms with Crippen LogP contribution in [0.2, 0.25) is 0 Å². The normalized spacial score (nSPS) is 34.5. The SMILES string of the molecule is c1cc(CO[C@H]2CN3CCC2CC3)cs1. The Bertz CT molecular complexity index is 303. The van der Waals surface area contributed by atoms with Gasteiger partial charge in [0.2, 0.25) is 0 Å². The van der Waals surface area contributed by atoms with Gasteiger partial charge in [0.1, 0.15) is 0 Å². The maximum Gasteiger partial charge on any atom is 0.0735 e. The maximum atomic E-state index is 6.03. The zero-order chi connectivity index (χ0) is 10.1. The Labute approximate surface area is 94.9 Å². The average Bonchev–Trinajstić information content (AvgIpc) is 2.81. The summed E-state index contributed by atoms with van der Waals surface area (Å²) < 4.78 is 6.03. The monoisotopic (exact) mass is 223 g/mol.